The Morgan fingerprint density at radius 3 is 2.23 bits per heavy atom. The number of hydrogen-bond donors (Lipinski definition) is 2. The lowest BCUT2D eigenvalue weighted by molar-refractivity contribution is -0.384. The van der Waals surface area contributed by atoms with Gasteiger partial charge in [0.1, 0.15) is 12.0 Å². The highest BCUT2D eigenvalue weighted by molar-refractivity contribution is 7.92. The molecule has 0 radical (unpaired) electrons. The van der Waals surface area contributed by atoms with Crippen LogP contribution in [0.15, 0.2) is 131 Å². The first-order chi connectivity index (χ1) is 27.2. The molecule has 2 N–H and O–H groups in total. The number of fused-ring (bicyclic) bond motifs is 1. The van der Waals surface area contributed by atoms with Crippen molar-refractivity contribution in [1.29, 1.82) is 0 Å². The predicted octanol–water partition coefficient (Wildman–Crippen LogP) is 7.65. The van der Waals surface area contributed by atoms with E-state index in [0.29, 0.717) is 15.9 Å². The van der Waals surface area contributed by atoms with E-state index >= 15 is 0 Å². The minimum atomic E-state index is -4.36. The molecule has 6 aromatic rings. The van der Waals surface area contributed by atoms with Crippen molar-refractivity contribution in [1.82, 2.24) is 14.9 Å². The van der Waals surface area contributed by atoms with Gasteiger partial charge >= 0.3 is 0 Å². The molecule has 57 heavy (non-hydrogen) atoms. The van der Waals surface area contributed by atoms with Crippen molar-refractivity contribution in [3.8, 4) is 11.1 Å². The third-order valence-electron chi connectivity index (χ3n) is 9.76. The minimum absolute atomic E-state index is 0.0211. The van der Waals surface area contributed by atoms with Crippen molar-refractivity contribution < 1.29 is 21.8 Å². The molecule has 0 bridgehead atoms. The number of sulfonamides is 1. The Morgan fingerprint density at radius 1 is 0.807 bits per heavy atom. The molecule has 7 rings (SSSR count). The molecular weight excluding hydrogens is 786 g/mol. The van der Waals surface area contributed by atoms with Crippen LogP contribution in [0.2, 0.25) is 5.02 Å². The summed E-state index contributed by atoms with van der Waals surface area (Å²) in [5.41, 5.74) is 3.28. The van der Waals surface area contributed by atoms with Crippen molar-refractivity contribution in [3.05, 3.63) is 142 Å². The number of benzene rings is 5. The molecule has 1 aromatic heterocycles. The molecule has 0 saturated carbocycles. The maximum Gasteiger partial charge on any atom is 0.293 e. The number of nitro groups is 1. The van der Waals surface area contributed by atoms with Crippen LogP contribution in [0.1, 0.15) is 19.4 Å². The highest BCUT2D eigenvalue weighted by atomic mass is 35.5. The van der Waals surface area contributed by atoms with E-state index < -0.39 is 36.0 Å². The van der Waals surface area contributed by atoms with Gasteiger partial charge in [-0.15, -0.1) is 0 Å². The van der Waals surface area contributed by atoms with Gasteiger partial charge in [-0.05, 0) is 85.1 Å². The first-order valence-electron chi connectivity index (χ1n) is 18.1. The van der Waals surface area contributed by atoms with Gasteiger partial charge in [0.05, 0.1) is 26.0 Å². The van der Waals surface area contributed by atoms with E-state index in [1.54, 1.807) is 38.1 Å². The maximum absolute atomic E-state index is 13.6. The number of anilines is 3. The van der Waals surface area contributed by atoms with Gasteiger partial charge in [-0.3, -0.25) is 19.7 Å². The van der Waals surface area contributed by atoms with E-state index in [1.165, 1.54) is 41.7 Å². The summed E-state index contributed by atoms with van der Waals surface area (Å²) in [6.07, 6.45) is 1.26. The normalized spacial score (nSPS) is 14.1. The zero-order valence-electron chi connectivity index (χ0n) is 31.2. The Labute approximate surface area is 336 Å². The molecule has 2 heterocycles. The molecule has 0 spiro atoms. The number of nitrogens with zero attached hydrogens (tertiary/aromatic N) is 5. The molecule has 0 unspecified atom stereocenters. The fourth-order valence-corrected chi connectivity index (χ4v) is 9.94. The van der Waals surface area contributed by atoms with Gasteiger partial charge < -0.3 is 10.2 Å². The average Bonchev–Trinajstić information content (AvgIpc) is 3.18. The predicted molar refractivity (Wildman–Crippen MR) is 224 cm³/mol. The Morgan fingerprint density at radius 2 is 1.51 bits per heavy atom. The summed E-state index contributed by atoms with van der Waals surface area (Å²) < 4.78 is 55.9. The number of piperazine rings is 1. The third kappa shape index (κ3) is 9.18. The van der Waals surface area contributed by atoms with Crippen molar-refractivity contribution in [2.75, 3.05) is 46.9 Å². The Hall–Kier alpha value is -5.61. The van der Waals surface area contributed by atoms with Crippen LogP contribution >= 0.6 is 11.6 Å². The summed E-state index contributed by atoms with van der Waals surface area (Å²) in [5, 5.41) is 16.3. The molecule has 13 nitrogen and oxygen atoms in total. The second-order valence-corrected chi connectivity index (χ2v) is 18.6. The molecule has 294 valence electrons. The molecule has 1 fully saturated rings. The zero-order valence-corrected chi connectivity index (χ0v) is 33.6. The first kappa shape index (κ1) is 39.6. The second-order valence-electron chi connectivity index (χ2n) is 14.5. The molecule has 0 amide bonds. The van der Waals surface area contributed by atoms with Gasteiger partial charge in [0.2, 0.25) is 0 Å². The molecule has 5 aromatic carbocycles. The van der Waals surface area contributed by atoms with E-state index in [-0.39, 0.29) is 27.0 Å². The fourth-order valence-electron chi connectivity index (χ4n) is 7.01. The lowest BCUT2D eigenvalue weighted by atomic mass is 9.99. The smallest absolute Gasteiger partial charge is 0.293 e. The standard InChI is InChI=1S/C41H40ClN7O6S2/c1-41(2,27-56(52,53)33-9-4-3-5-10-33)45-37-19-17-34(25-39(37)49(50)51)57(54,55)46-40-36-18-16-32(24-38(36)43-28-44-40)48-22-20-47(21-23-48)26-30-8-6-7-11-35(30)29-12-14-31(42)15-13-29/h3-19,24-25,28,45H,20-23,26-27H2,1-2H3,(H,43,44,46). The maximum atomic E-state index is 13.6. The van der Waals surface area contributed by atoms with Crippen LogP contribution in [0.3, 0.4) is 0 Å². The summed E-state index contributed by atoms with van der Waals surface area (Å²) >= 11 is 6.12. The Bertz CT molecular complexity index is 2660. The van der Waals surface area contributed by atoms with Crippen molar-refractivity contribution >= 4 is 65.2 Å². The summed E-state index contributed by atoms with van der Waals surface area (Å²) in [7, 11) is -8.11. The summed E-state index contributed by atoms with van der Waals surface area (Å²) in [6, 6.07) is 33.1. The molecule has 1 saturated heterocycles. The van der Waals surface area contributed by atoms with Crippen molar-refractivity contribution in [2.45, 2.75) is 35.7 Å². The van der Waals surface area contributed by atoms with Crippen LogP contribution in [-0.4, -0.2) is 74.1 Å². The summed E-state index contributed by atoms with van der Waals surface area (Å²) in [4.78, 5) is 24.5. The van der Waals surface area contributed by atoms with Gasteiger partial charge in [0.25, 0.3) is 15.7 Å². The number of rotatable bonds is 13. The van der Waals surface area contributed by atoms with Crippen LogP contribution in [0.25, 0.3) is 22.0 Å². The molecule has 0 atom stereocenters. The van der Waals surface area contributed by atoms with Gasteiger partial charge in [0.15, 0.2) is 15.7 Å². The van der Waals surface area contributed by atoms with Crippen LogP contribution < -0.4 is 14.9 Å². The van der Waals surface area contributed by atoms with E-state index in [0.717, 1.165) is 50.0 Å². The highest BCUT2D eigenvalue weighted by Crippen LogP contribution is 2.33. The molecule has 1 aliphatic heterocycles. The largest absolute Gasteiger partial charge is 0.374 e. The minimum Gasteiger partial charge on any atom is -0.374 e. The topological polar surface area (TPSA) is 168 Å². The van der Waals surface area contributed by atoms with E-state index in [1.807, 2.05) is 42.5 Å². The zero-order chi connectivity index (χ0) is 40.4. The summed E-state index contributed by atoms with van der Waals surface area (Å²) in [6.45, 7) is 7.24. The second kappa shape index (κ2) is 16.1. The monoisotopic (exact) mass is 825 g/mol. The highest BCUT2D eigenvalue weighted by Gasteiger charge is 2.31. The first-order valence-corrected chi connectivity index (χ1v) is 21.6. The lowest BCUT2D eigenvalue weighted by Gasteiger charge is -2.36. The van der Waals surface area contributed by atoms with Crippen LogP contribution in [0.4, 0.5) is 22.9 Å². The average molecular weight is 826 g/mol. The summed E-state index contributed by atoms with van der Waals surface area (Å²) in [5.74, 6) is -0.352. The van der Waals surface area contributed by atoms with Crippen molar-refractivity contribution in [3.63, 3.8) is 0 Å². The number of sulfone groups is 1. The van der Waals surface area contributed by atoms with Crippen molar-refractivity contribution in [2.24, 2.45) is 0 Å². The van der Waals surface area contributed by atoms with E-state index in [4.69, 9.17) is 11.6 Å². The third-order valence-corrected chi connectivity index (χ3v) is 13.4. The number of halogens is 1. The lowest BCUT2D eigenvalue weighted by Crippen LogP contribution is -2.46. The van der Waals surface area contributed by atoms with E-state index in [2.05, 4.69) is 48.0 Å². The van der Waals surface area contributed by atoms with Crippen LogP contribution in [0.5, 0.6) is 0 Å². The number of aromatic nitrogens is 2. The van der Waals surface area contributed by atoms with Gasteiger partial charge in [-0.1, -0.05) is 66.2 Å². The number of nitro benzene ring substituents is 1. The van der Waals surface area contributed by atoms with Gasteiger partial charge in [0, 0.05) is 60.4 Å². The number of nitrogens with one attached hydrogen (secondary N) is 2. The molecule has 1 aliphatic rings. The van der Waals surface area contributed by atoms with Crippen LogP contribution in [-0.2, 0) is 26.4 Å². The van der Waals surface area contributed by atoms with Gasteiger partial charge in [-0.2, -0.15) is 0 Å². The molecule has 16 heteroatoms. The Balaban J connectivity index is 1.03. The molecule has 0 aliphatic carbocycles. The fraction of sp³-hybridized carbons (Fsp3) is 0.220. The van der Waals surface area contributed by atoms with Gasteiger partial charge in [-0.25, -0.2) is 26.8 Å². The number of hydrogen-bond acceptors (Lipinski definition) is 11. The molecular formula is C41H40ClN7O6S2. The SMILES string of the molecule is CC(C)(CS(=O)(=O)c1ccccc1)Nc1ccc(S(=O)(=O)Nc2ncnc3cc(N4CCN(Cc5ccccc5-c5ccc(Cl)cc5)CC4)ccc23)cc1[N+](=O)[O-]. The van der Waals surface area contributed by atoms with Crippen LogP contribution in [0, 0.1) is 10.1 Å². The van der Waals surface area contributed by atoms with E-state index in [9.17, 15) is 26.9 Å². The quantitative estimate of drug-likeness (QED) is 0.0867. The Kier molecular flexibility index (Phi) is 11.2.